The van der Waals surface area contributed by atoms with Crippen molar-refractivity contribution >= 4 is 0 Å². The van der Waals surface area contributed by atoms with Crippen molar-refractivity contribution in [3.8, 4) is 0 Å². The van der Waals surface area contributed by atoms with Crippen LogP contribution in [0.25, 0.3) is 0 Å². The van der Waals surface area contributed by atoms with Crippen LogP contribution < -0.4 is 5.32 Å². The van der Waals surface area contributed by atoms with Gasteiger partial charge in [-0.15, -0.1) is 0 Å². The van der Waals surface area contributed by atoms with Gasteiger partial charge in [-0.05, 0) is 38.3 Å². The van der Waals surface area contributed by atoms with E-state index in [4.69, 9.17) is 0 Å². The van der Waals surface area contributed by atoms with Crippen LogP contribution in [-0.4, -0.2) is 36.6 Å². The lowest BCUT2D eigenvalue weighted by Gasteiger charge is -2.52. The van der Waals surface area contributed by atoms with E-state index in [-0.39, 0.29) is 0 Å². The highest BCUT2D eigenvalue weighted by Crippen LogP contribution is 2.33. The number of nitrogens with zero attached hydrogens (tertiary/aromatic N) is 1. The van der Waals surface area contributed by atoms with Crippen molar-refractivity contribution in [3.05, 3.63) is 0 Å². The SMILES string of the molecule is CC1(C)CCN(C2(C)CNC2)CC1. The Morgan fingerprint density at radius 2 is 1.54 bits per heavy atom. The van der Waals surface area contributed by atoms with Gasteiger partial charge in [0.1, 0.15) is 0 Å². The third-order valence-electron chi connectivity index (χ3n) is 3.89. The molecule has 2 aliphatic rings. The quantitative estimate of drug-likeness (QED) is 0.660. The van der Waals surface area contributed by atoms with Gasteiger partial charge in [0.2, 0.25) is 0 Å². The molecular formula is C11H22N2. The summed E-state index contributed by atoms with van der Waals surface area (Å²) in [5, 5.41) is 3.38. The second-order valence-electron chi connectivity index (χ2n) is 5.75. The lowest BCUT2D eigenvalue weighted by molar-refractivity contribution is 0.00671. The standard InChI is InChI=1S/C11H22N2/c1-10(2)4-6-13(7-5-10)11(3)8-12-9-11/h12H,4-9H2,1-3H3. The van der Waals surface area contributed by atoms with Crippen LogP contribution in [0.1, 0.15) is 33.6 Å². The lowest BCUT2D eigenvalue weighted by Crippen LogP contribution is -2.68. The minimum Gasteiger partial charge on any atom is -0.313 e. The molecule has 0 aliphatic carbocycles. The maximum atomic E-state index is 3.38. The Morgan fingerprint density at radius 1 is 1.00 bits per heavy atom. The van der Waals surface area contributed by atoms with Gasteiger partial charge < -0.3 is 5.32 Å². The summed E-state index contributed by atoms with van der Waals surface area (Å²) in [4.78, 5) is 2.68. The number of nitrogens with one attached hydrogen (secondary N) is 1. The van der Waals surface area contributed by atoms with Crippen molar-refractivity contribution in [1.82, 2.24) is 10.2 Å². The zero-order chi connectivity index (χ0) is 9.53. The van der Waals surface area contributed by atoms with E-state index in [0.717, 1.165) is 0 Å². The van der Waals surface area contributed by atoms with Crippen LogP contribution in [0.5, 0.6) is 0 Å². The molecule has 1 N–H and O–H groups in total. The summed E-state index contributed by atoms with van der Waals surface area (Å²) in [5.41, 5.74) is 1.07. The lowest BCUT2D eigenvalue weighted by atomic mass is 9.80. The number of hydrogen-bond donors (Lipinski definition) is 1. The average Bonchev–Trinajstić information content (AvgIpc) is 2.00. The predicted octanol–water partition coefficient (Wildman–Crippen LogP) is 1.47. The molecular weight excluding hydrogens is 160 g/mol. The molecule has 0 radical (unpaired) electrons. The van der Waals surface area contributed by atoms with Crippen molar-refractivity contribution in [2.75, 3.05) is 26.2 Å². The van der Waals surface area contributed by atoms with Gasteiger partial charge >= 0.3 is 0 Å². The van der Waals surface area contributed by atoms with Crippen molar-refractivity contribution < 1.29 is 0 Å². The van der Waals surface area contributed by atoms with Crippen molar-refractivity contribution in [2.45, 2.75) is 39.2 Å². The Bertz CT molecular complexity index is 184. The molecule has 2 aliphatic heterocycles. The molecule has 76 valence electrons. The minimum absolute atomic E-state index is 0.483. The monoisotopic (exact) mass is 182 g/mol. The van der Waals surface area contributed by atoms with E-state index in [9.17, 15) is 0 Å². The highest BCUT2D eigenvalue weighted by molar-refractivity contribution is 5.00. The Kier molecular flexibility index (Phi) is 2.16. The fourth-order valence-electron chi connectivity index (χ4n) is 2.36. The minimum atomic E-state index is 0.483. The van der Waals surface area contributed by atoms with E-state index < -0.39 is 0 Å². The van der Waals surface area contributed by atoms with E-state index in [1.807, 2.05) is 0 Å². The van der Waals surface area contributed by atoms with Gasteiger partial charge in [-0.1, -0.05) is 13.8 Å². The number of likely N-dealkylation sites (tertiary alicyclic amines) is 1. The van der Waals surface area contributed by atoms with Gasteiger partial charge in [0.25, 0.3) is 0 Å². The second kappa shape index (κ2) is 2.96. The van der Waals surface area contributed by atoms with Crippen molar-refractivity contribution in [2.24, 2.45) is 5.41 Å². The number of rotatable bonds is 1. The fraction of sp³-hybridized carbons (Fsp3) is 1.00. The van der Waals surface area contributed by atoms with Crippen LogP contribution in [0.3, 0.4) is 0 Å². The van der Waals surface area contributed by atoms with Crippen LogP contribution in [0, 0.1) is 5.41 Å². The summed E-state index contributed by atoms with van der Waals surface area (Å²) in [5.74, 6) is 0. The zero-order valence-corrected chi connectivity index (χ0v) is 9.19. The molecule has 0 bridgehead atoms. The first-order chi connectivity index (χ1) is 6.02. The predicted molar refractivity (Wildman–Crippen MR) is 55.9 cm³/mol. The molecule has 2 rings (SSSR count). The number of piperidine rings is 1. The zero-order valence-electron chi connectivity index (χ0n) is 9.19. The Labute approximate surface area is 81.7 Å². The molecule has 0 aromatic heterocycles. The summed E-state index contributed by atoms with van der Waals surface area (Å²) >= 11 is 0. The number of hydrogen-bond acceptors (Lipinski definition) is 2. The van der Waals surface area contributed by atoms with Gasteiger partial charge in [0.05, 0.1) is 0 Å². The molecule has 13 heavy (non-hydrogen) atoms. The maximum Gasteiger partial charge on any atom is 0.0430 e. The van der Waals surface area contributed by atoms with Gasteiger partial charge in [-0.3, -0.25) is 4.90 Å². The maximum absolute atomic E-state index is 3.38. The van der Waals surface area contributed by atoms with Crippen LogP contribution in [-0.2, 0) is 0 Å². The summed E-state index contributed by atoms with van der Waals surface area (Å²) in [6.07, 6.45) is 2.73. The first kappa shape index (κ1) is 9.47. The van der Waals surface area contributed by atoms with Gasteiger partial charge in [-0.25, -0.2) is 0 Å². The molecule has 0 saturated carbocycles. The highest BCUT2D eigenvalue weighted by Gasteiger charge is 2.40. The molecule has 2 nitrogen and oxygen atoms in total. The van der Waals surface area contributed by atoms with Gasteiger partial charge in [0, 0.05) is 18.6 Å². The third kappa shape index (κ3) is 1.75. The van der Waals surface area contributed by atoms with Gasteiger partial charge in [-0.2, -0.15) is 0 Å². The largest absolute Gasteiger partial charge is 0.313 e. The molecule has 0 unspecified atom stereocenters. The smallest absolute Gasteiger partial charge is 0.0430 e. The molecule has 0 spiro atoms. The Morgan fingerprint density at radius 3 is 1.92 bits per heavy atom. The molecule has 0 aromatic rings. The molecule has 2 saturated heterocycles. The first-order valence-electron chi connectivity index (χ1n) is 5.48. The summed E-state index contributed by atoms with van der Waals surface area (Å²) < 4.78 is 0. The molecule has 0 amide bonds. The van der Waals surface area contributed by atoms with Crippen LogP contribution in [0.15, 0.2) is 0 Å². The van der Waals surface area contributed by atoms with Crippen LogP contribution in [0.4, 0.5) is 0 Å². The topological polar surface area (TPSA) is 15.3 Å². The summed E-state index contributed by atoms with van der Waals surface area (Å²) in [7, 11) is 0. The molecule has 0 aromatic carbocycles. The van der Waals surface area contributed by atoms with E-state index in [2.05, 4.69) is 31.0 Å². The Hall–Kier alpha value is -0.0800. The first-order valence-corrected chi connectivity index (χ1v) is 5.48. The van der Waals surface area contributed by atoms with Crippen molar-refractivity contribution in [3.63, 3.8) is 0 Å². The molecule has 2 heteroatoms. The fourth-order valence-corrected chi connectivity index (χ4v) is 2.36. The van der Waals surface area contributed by atoms with Gasteiger partial charge in [0.15, 0.2) is 0 Å². The van der Waals surface area contributed by atoms with Crippen LogP contribution in [0.2, 0.25) is 0 Å². The third-order valence-corrected chi connectivity index (χ3v) is 3.89. The average molecular weight is 182 g/mol. The van der Waals surface area contributed by atoms with E-state index in [1.54, 1.807) is 0 Å². The highest BCUT2D eigenvalue weighted by atomic mass is 15.3. The second-order valence-corrected chi connectivity index (χ2v) is 5.75. The molecule has 0 atom stereocenters. The van der Waals surface area contributed by atoms with E-state index in [0.29, 0.717) is 11.0 Å². The van der Waals surface area contributed by atoms with Crippen LogP contribution >= 0.6 is 0 Å². The normalized spacial score (nSPS) is 32.5. The molecule has 2 fully saturated rings. The Balaban J connectivity index is 1.91. The van der Waals surface area contributed by atoms with Crippen molar-refractivity contribution in [1.29, 1.82) is 0 Å². The summed E-state index contributed by atoms with van der Waals surface area (Å²) in [6.45, 7) is 12.1. The summed E-state index contributed by atoms with van der Waals surface area (Å²) in [6, 6.07) is 0. The van der Waals surface area contributed by atoms with E-state index >= 15 is 0 Å². The molecule has 2 heterocycles. The van der Waals surface area contributed by atoms with E-state index in [1.165, 1.54) is 39.0 Å².